The van der Waals surface area contributed by atoms with Gasteiger partial charge in [-0.15, -0.1) is 0 Å². The van der Waals surface area contributed by atoms with E-state index >= 15 is 0 Å². The normalized spacial score (nSPS) is 10.3. The van der Waals surface area contributed by atoms with Crippen LogP contribution in [0.25, 0.3) is 0 Å². The van der Waals surface area contributed by atoms with E-state index in [1.807, 2.05) is 24.3 Å². The summed E-state index contributed by atoms with van der Waals surface area (Å²) in [6.07, 6.45) is 0.304. The molecule has 0 fully saturated rings. The highest BCUT2D eigenvalue weighted by molar-refractivity contribution is 6.30. The van der Waals surface area contributed by atoms with Gasteiger partial charge in [-0.05, 0) is 42.0 Å². The molecule has 110 valence electrons. The first kappa shape index (κ1) is 15.4. The first-order valence-corrected chi connectivity index (χ1v) is 6.99. The number of anilines is 2. The van der Waals surface area contributed by atoms with Crippen LogP contribution in [0.3, 0.4) is 0 Å². The minimum Gasteiger partial charge on any atom is -0.399 e. The fourth-order valence-electron chi connectivity index (χ4n) is 1.73. The van der Waals surface area contributed by atoms with Gasteiger partial charge in [-0.2, -0.15) is 0 Å². The van der Waals surface area contributed by atoms with E-state index in [0.717, 1.165) is 11.3 Å². The molecule has 2 aromatic carbocycles. The fraction of sp³-hybridized carbons (Fsp3) is 0.188. The van der Waals surface area contributed by atoms with Gasteiger partial charge in [-0.3, -0.25) is 4.79 Å². The summed E-state index contributed by atoms with van der Waals surface area (Å²) in [4.78, 5) is 11.7. The van der Waals surface area contributed by atoms with E-state index in [9.17, 15) is 4.79 Å². The van der Waals surface area contributed by atoms with Crippen LogP contribution in [0.15, 0.2) is 48.5 Å². The number of nitrogens with two attached hydrogens (primary N) is 1. The summed E-state index contributed by atoms with van der Waals surface area (Å²) in [5, 5.41) is 3.48. The Morgan fingerprint density at radius 2 is 1.76 bits per heavy atom. The Labute approximate surface area is 128 Å². The van der Waals surface area contributed by atoms with Crippen LogP contribution in [0.4, 0.5) is 11.4 Å². The van der Waals surface area contributed by atoms with Crippen molar-refractivity contribution in [3.63, 3.8) is 0 Å². The highest BCUT2D eigenvalue weighted by atomic mass is 35.5. The second kappa shape index (κ2) is 7.67. The minimum absolute atomic E-state index is 0.0872. The van der Waals surface area contributed by atoms with Gasteiger partial charge in [0.1, 0.15) is 0 Å². The molecule has 4 nitrogen and oxygen atoms in total. The van der Waals surface area contributed by atoms with Crippen molar-refractivity contribution in [3.8, 4) is 0 Å². The number of carbonyl (C=O) groups excluding carboxylic acids is 1. The molecule has 0 saturated carbocycles. The van der Waals surface area contributed by atoms with E-state index in [0.29, 0.717) is 30.3 Å². The van der Waals surface area contributed by atoms with Gasteiger partial charge < -0.3 is 15.8 Å². The van der Waals surface area contributed by atoms with Gasteiger partial charge in [0.15, 0.2) is 0 Å². The predicted molar refractivity (Wildman–Crippen MR) is 85.2 cm³/mol. The average Bonchev–Trinajstić information content (AvgIpc) is 2.48. The smallest absolute Gasteiger partial charge is 0.226 e. The summed E-state index contributed by atoms with van der Waals surface area (Å²) in [6, 6.07) is 14.4. The summed E-state index contributed by atoms with van der Waals surface area (Å²) in [6.45, 7) is 0.829. The van der Waals surface area contributed by atoms with Crippen LogP contribution >= 0.6 is 11.6 Å². The topological polar surface area (TPSA) is 64.3 Å². The molecule has 0 bridgehead atoms. The zero-order valence-corrected chi connectivity index (χ0v) is 12.3. The number of carbonyl (C=O) groups is 1. The van der Waals surface area contributed by atoms with Crippen molar-refractivity contribution in [3.05, 3.63) is 59.1 Å². The van der Waals surface area contributed by atoms with Crippen LogP contribution in [0.2, 0.25) is 5.02 Å². The summed E-state index contributed by atoms with van der Waals surface area (Å²) in [5.74, 6) is -0.0872. The Hall–Kier alpha value is -2.04. The molecule has 0 aromatic heterocycles. The van der Waals surface area contributed by atoms with E-state index in [1.54, 1.807) is 24.3 Å². The van der Waals surface area contributed by atoms with Crippen LogP contribution < -0.4 is 11.1 Å². The number of rotatable bonds is 6. The molecule has 3 N–H and O–H groups in total. The number of nitrogens with one attached hydrogen (secondary N) is 1. The van der Waals surface area contributed by atoms with Crippen molar-refractivity contribution in [2.75, 3.05) is 17.7 Å². The lowest BCUT2D eigenvalue weighted by molar-refractivity contribution is -0.117. The molecule has 2 aromatic rings. The largest absolute Gasteiger partial charge is 0.399 e. The quantitative estimate of drug-likeness (QED) is 0.634. The van der Waals surface area contributed by atoms with E-state index in [4.69, 9.17) is 22.1 Å². The minimum atomic E-state index is -0.0872. The summed E-state index contributed by atoms with van der Waals surface area (Å²) in [5.41, 5.74) is 8.00. The second-order valence-electron chi connectivity index (χ2n) is 4.60. The van der Waals surface area contributed by atoms with Crippen molar-refractivity contribution in [2.24, 2.45) is 0 Å². The molecule has 0 unspecified atom stereocenters. The number of ether oxygens (including phenoxy) is 1. The van der Waals surface area contributed by atoms with Crippen molar-refractivity contribution in [2.45, 2.75) is 13.0 Å². The molecular formula is C16H17ClN2O2. The van der Waals surface area contributed by atoms with Gasteiger partial charge in [-0.1, -0.05) is 23.7 Å². The van der Waals surface area contributed by atoms with Gasteiger partial charge in [0.25, 0.3) is 0 Å². The number of amides is 1. The molecule has 0 aliphatic heterocycles. The SMILES string of the molecule is Nc1ccc(NC(=O)CCOCc2ccc(Cl)cc2)cc1. The van der Waals surface area contributed by atoms with E-state index < -0.39 is 0 Å². The van der Waals surface area contributed by atoms with Gasteiger partial charge in [0.2, 0.25) is 5.91 Å². The van der Waals surface area contributed by atoms with Crippen LogP contribution in [-0.4, -0.2) is 12.5 Å². The monoisotopic (exact) mass is 304 g/mol. The Balaban J connectivity index is 1.67. The molecule has 0 atom stereocenters. The van der Waals surface area contributed by atoms with Gasteiger partial charge in [0, 0.05) is 16.4 Å². The molecular weight excluding hydrogens is 288 g/mol. The summed E-state index contributed by atoms with van der Waals surface area (Å²) >= 11 is 5.80. The van der Waals surface area contributed by atoms with Gasteiger partial charge >= 0.3 is 0 Å². The van der Waals surface area contributed by atoms with E-state index in [2.05, 4.69) is 5.32 Å². The molecule has 2 rings (SSSR count). The zero-order valence-electron chi connectivity index (χ0n) is 11.5. The van der Waals surface area contributed by atoms with Crippen molar-refractivity contribution in [1.29, 1.82) is 0 Å². The lowest BCUT2D eigenvalue weighted by Gasteiger charge is -2.07. The van der Waals surface area contributed by atoms with Gasteiger partial charge in [-0.25, -0.2) is 0 Å². The Morgan fingerprint density at radius 3 is 2.43 bits per heavy atom. The molecule has 0 saturated heterocycles. The standard InChI is InChI=1S/C16H17ClN2O2/c17-13-3-1-12(2-4-13)11-21-10-9-16(20)19-15-7-5-14(18)6-8-15/h1-8H,9-11,18H2,(H,19,20). The zero-order chi connectivity index (χ0) is 15.1. The number of hydrogen-bond acceptors (Lipinski definition) is 3. The molecule has 1 amide bonds. The highest BCUT2D eigenvalue weighted by Gasteiger charge is 2.02. The maximum Gasteiger partial charge on any atom is 0.226 e. The number of benzene rings is 2. The predicted octanol–water partition coefficient (Wildman–Crippen LogP) is 3.47. The highest BCUT2D eigenvalue weighted by Crippen LogP contribution is 2.12. The molecule has 21 heavy (non-hydrogen) atoms. The molecule has 0 aliphatic rings. The fourth-order valence-corrected chi connectivity index (χ4v) is 1.85. The third-order valence-corrected chi connectivity index (χ3v) is 3.10. The Morgan fingerprint density at radius 1 is 1.10 bits per heavy atom. The molecule has 0 aliphatic carbocycles. The first-order chi connectivity index (χ1) is 10.1. The molecule has 0 heterocycles. The first-order valence-electron chi connectivity index (χ1n) is 6.61. The Bertz CT molecular complexity index is 582. The van der Waals surface area contributed by atoms with Crippen molar-refractivity contribution in [1.82, 2.24) is 0 Å². The lowest BCUT2D eigenvalue weighted by atomic mass is 10.2. The van der Waals surface area contributed by atoms with Crippen LogP contribution in [0, 0.1) is 0 Å². The molecule has 5 heteroatoms. The number of halogens is 1. The lowest BCUT2D eigenvalue weighted by Crippen LogP contribution is -2.14. The van der Waals surface area contributed by atoms with Crippen LogP contribution in [0.1, 0.15) is 12.0 Å². The summed E-state index contributed by atoms with van der Waals surface area (Å²) in [7, 11) is 0. The van der Waals surface area contributed by atoms with Crippen molar-refractivity contribution < 1.29 is 9.53 Å². The Kier molecular flexibility index (Phi) is 5.60. The number of hydrogen-bond donors (Lipinski definition) is 2. The van der Waals surface area contributed by atoms with Crippen LogP contribution in [0.5, 0.6) is 0 Å². The van der Waals surface area contributed by atoms with E-state index in [1.165, 1.54) is 0 Å². The van der Waals surface area contributed by atoms with Gasteiger partial charge in [0.05, 0.1) is 19.6 Å². The van der Waals surface area contributed by atoms with Crippen LogP contribution in [-0.2, 0) is 16.1 Å². The third-order valence-electron chi connectivity index (χ3n) is 2.85. The average molecular weight is 305 g/mol. The number of nitrogen functional groups attached to an aromatic ring is 1. The second-order valence-corrected chi connectivity index (χ2v) is 5.04. The van der Waals surface area contributed by atoms with Crippen molar-refractivity contribution >= 4 is 28.9 Å². The molecule has 0 radical (unpaired) electrons. The molecule has 0 spiro atoms. The summed E-state index contributed by atoms with van der Waals surface area (Å²) < 4.78 is 5.46. The van der Waals surface area contributed by atoms with E-state index in [-0.39, 0.29) is 5.91 Å². The maximum atomic E-state index is 11.7. The maximum absolute atomic E-state index is 11.7. The third kappa shape index (κ3) is 5.45.